The molecule has 1 unspecified atom stereocenters. The van der Waals surface area contributed by atoms with Crippen LogP contribution in [0.4, 0.5) is 5.69 Å². The van der Waals surface area contributed by atoms with Crippen LogP contribution >= 0.6 is 15.9 Å². The van der Waals surface area contributed by atoms with Crippen LogP contribution in [0.2, 0.25) is 0 Å². The van der Waals surface area contributed by atoms with Crippen molar-refractivity contribution in [2.45, 2.75) is 25.3 Å². The summed E-state index contributed by atoms with van der Waals surface area (Å²) < 4.78 is 2.45. The average molecular weight is 571 g/mol. The number of nitrogens with two attached hydrogens (primary N) is 1. The number of nitrogens with one attached hydrogen (secondary N) is 2. The van der Waals surface area contributed by atoms with Crippen molar-refractivity contribution in [1.29, 1.82) is 0 Å². The molecule has 3 heterocycles. The van der Waals surface area contributed by atoms with Crippen molar-refractivity contribution < 1.29 is 4.79 Å². The molecule has 1 atom stereocenters. The molecule has 0 aliphatic heterocycles. The Morgan fingerprint density at radius 2 is 1.87 bits per heavy atom. The van der Waals surface area contributed by atoms with Gasteiger partial charge in [0.05, 0.1) is 6.20 Å². The number of fused-ring (bicyclic) bond motifs is 1. The molecular formula is C29H27BrN6O2. The number of benzene rings is 2. The molecule has 0 saturated heterocycles. The molecule has 0 fully saturated rings. The van der Waals surface area contributed by atoms with Gasteiger partial charge in [0.15, 0.2) is 0 Å². The summed E-state index contributed by atoms with van der Waals surface area (Å²) in [4.78, 5) is 38.7. The first kappa shape index (κ1) is 25.4. The van der Waals surface area contributed by atoms with Gasteiger partial charge in [-0.3, -0.25) is 19.1 Å². The first-order chi connectivity index (χ1) is 18.5. The Morgan fingerprint density at radius 3 is 2.61 bits per heavy atom. The average Bonchev–Trinajstić information content (AvgIpc) is 3.35. The highest BCUT2D eigenvalue weighted by Gasteiger charge is 2.26. The molecule has 0 spiro atoms. The largest absolute Gasteiger partial charge is 0.379 e. The highest BCUT2D eigenvalue weighted by atomic mass is 79.9. The van der Waals surface area contributed by atoms with E-state index in [0.29, 0.717) is 18.1 Å². The second-order valence-electron chi connectivity index (χ2n) is 9.07. The number of aromatic nitrogens is 4. The summed E-state index contributed by atoms with van der Waals surface area (Å²) in [5.41, 5.74) is 9.49. The lowest BCUT2D eigenvalue weighted by molar-refractivity contribution is -0.121. The summed E-state index contributed by atoms with van der Waals surface area (Å²) in [5, 5.41) is 4.14. The van der Waals surface area contributed by atoms with Crippen LogP contribution in [0.25, 0.3) is 22.3 Å². The first-order valence-corrected chi connectivity index (χ1v) is 13.1. The van der Waals surface area contributed by atoms with Gasteiger partial charge in [0, 0.05) is 52.0 Å². The molecule has 0 aliphatic rings. The molecule has 3 aromatic heterocycles. The van der Waals surface area contributed by atoms with Gasteiger partial charge in [-0.05, 0) is 42.7 Å². The first-order valence-electron chi connectivity index (χ1n) is 12.4. The molecule has 192 valence electrons. The summed E-state index contributed by atoms with van der Waals surface area (Å²) in [6, 6.07) is 20.3. The number of carbonyl (C=O) groups excluding carboxylic acids is 1. The van der Waals surface area contributed by atoms with Crippen LogP contribution in [0.1, 0.15) is 23.7 Å². The maximum Gasteiger partial charge on any atom is 0.277 e. The summed E-state index contributed by atoms with van der Waals surface area (Å²) >= 11 is 3.45. The monoisotopic (exact) mass is 570 g/mol. The Balaban J connectivity index is 1.45. The fourth-order valence-electron chi connectivity index (χ4n) is 4.52. The second-order valence-corrected chi connectivity index (χ2v) is 9.99. The number of aryl methyl sites for hydroxylation is 1. The summed E-state index contributed by atoms with van der Waals surface area (Å²) in [5.74, 6) is -0.229. The van der Waals surface area contributed by atoms with E-state index in [2.05, 4.69) is 48.3 Å². The van der Waals surface area contributed by atoms with Crippen LogP contribution in [0, 0.1) is 0 Å². The lowest BCUT2D eigenvalue weighted by Crippen LogP contribution is -2.37. The van der Waals surface area contributed by atoms with Gasteiger partial charge in [0.1, 0.15) is 17.6 Å². The van der Waals surface area contributed by atoms with E-state index in [9.17, 15) is 9.59 Å². The van der Waals surface area contributed by atoms with Crippen LogP contribution in [0.3, 0.4) is 0 Å². The topological polar surface area (TPSA) is 119 Å². The molecule has 0 bridgehead atoms. The lowest BCUT2D eigenvalue weighted by Gasteiger charge is -2.21. The number of hydrogen-bond acceptors (Lipinski definition) is 5. The van der Waals surface area contributed by atoms with Gasteiger partial charge in [-0.2, -0.15) is 0 Å². The third-order valence-electron chi connectivity index (χ3n) is 6.43. The normalized spacial score (nSPS) is 11.9. The van der Waals surface area contributed by atoms with E-state index in [1.165, 1.54) is 16.3 Å². The third-order valence-corrected chi connectivity index (χ3v) is 6.96. The zero-order valence-corrected chi connectivity index (χ0v) is 22.2. The number of anilines is 1. The predicted octanol–water partition coefficient (Wildman–Crippen LogP) is 4.86. The molecule has 0 aliphatic carbocycles. The Labute approximate surface area is 228 Å². The van der Waals surface area contributed by atoms with E-state index in [1.54, 1.807) is 12.4 Å². The highest BCUT2D eigenvalue weighted by Crippen LogP contribution is 2.24. The zero-order chi connectivity index (χ0) is 26.5. The molecule has 0 saturated carbocycles. The SMILES string of the molecule is NC(=O)C(Cc1cc2cnccc2[nH]1)n1c(-c2ccccc2)ncc(NCCCc2ccc(Br)cc2)c1=O. The minimum absolute atomic E-state index is 0.207. The van der Waals surface area contributed by atoms with Gasteiger partial charge in [-0.25, -0.2) is 4.98 Å². The Hall–Kier alpha value is -4.24. The number of amides is 1. The maximum absolute atomic E-state index is 13.8. The predicted molar refractivity (Wildman–Crippen MR) is 153 cm³/mol. The number of pyridine rings is 1. The molecule has 5 aromatic rings. The Kier molecular flexibility index (Phi) is 7.65. The fourth-order valence-corrected chi connectivity index (χ4v) is 4.78. The van der Waals surface area contributed by atoms with E-state index in [1.807, 2.05) is 54.6 Å². The number of halogens is 1. The molecule has 5 rings (SSSR count). The van der Waals surface area contributed by atoms with E-state index < -0.39 is 11.9 Å². The summed E-state index contributed by atoms with van der Waals surface area (Å²) in [6.45, 7) is 0.577. The minimum Gasteiger partial charge on any atom is -0.379 e. The number of aromatic amines is 1. The highest BCUT2D eigenvalue weighted by molar-refractivity contribution is 9.10. The van der Waals surface area contributed by atoms with Crippen LogP contribution in [-0.2, 0) is 17.6 Å². The van der Waals surface area contributed by atoms with Crippen molar-refractivity contribution >= 4 is 38.4 Å². The van der Waals surface area contributed by atoms with Crippen molar-refractivity contribution in [3.05, 3.63) is 111 Å². The number of nitrogens with zero attached hydrogens (tertiary/aromatic N) is 3. The van der Waals surface area contributed by atoms with Crippen LogP contribution in [-0.4, -0.2) is 32.0 Å². The van der Waals surface area contributed by atoms with Gasteiger partial charge in [0.25, 0.3) is 5.56 Å². The van der Waals surface area contributed by atoms with E-state index in [0.717, 1.165) is 39.5 Å². The minimum atomic E-state index is -0.948. The Bertz CT molecular complexity index is 1580. The summed E-state index contributed by atoms with van der Waals surface area (Å²) in [6.07, 6.45) is 6.87. The zero-order valence-electron chi connectivity index (χ0n) is 20.6. The van der Waals surface area contributed by atoms with Crippen molar-refractivity contribution in [2.75, 3.05) is 11.9 Å². The van der Waals surface area contributed by atoms with Gasteiger partial charge < -0.3 is 16.0 Å². The van der Waals surface area contributed by atoms with E-state index in [-0.39, 0.29) is 12.0 Å². The molecule has 2 aromatic carbocycles. The smallest absolute Gasteiger partial charge is 0.277 e. The fraction of sp³-hybridized carbons (Fsp3) is 0.172. The number of carbonyl (C=O) groups is 1. The van der Waals surface area contributed by atoms with Crippen LogP contribution < -0.4 is 16.6 Å². The maximum atomic E-state index is 13.8. The van der Waals surface area contributed by atoms with Crippen LogP contribution in [0.5, 0.6) is 0 Å². The van der Waals surface area contributed by atoms with Gasteiger partial charge in [-0.1, -0.05) is 58.4 Å². The van der Waals surface area contributed by atoms with E-state index in [4.69, 9.17) is 5.73 Å². The molecular weight excluding hydrogens is 544 g/mol. The van der Waals surface area contributed by atoms with Gasteiger partial charge >= 0.3 is 0 Å². The van der Waals surface area contributed by atoms with Crippen LogP contribution in [0.15, 0.2) is 94.6 Å². The Morgan fingerprint density at radius 1 is 1.08 bits per heavy atom. The lowest BCUT2D eigenvalue weighted by atomic mass is 10.1. The van der Waals surface area contributed by atoms with Gasteiger partial charge in [0.2, 0.25) is 5.91 Å². The third kappa shape index (κ3) is 5.68. The molecule has 0 radical (unpaired) electrons. The van der Waals surface area contributed by atoms with Crippen molar-refractivity contribution in [1.82, 2.24) is 19.5 Å². The number of hydrogen-bond donors (Lipinski definition) is 3. The number of primary amides is 1. The van der Waals surface area contributed by atoms with Gasteiger partial charge in [-0.15, -0.1) is 0 Å². The molecule has 9 heteroatoms. The molecule has 8 nitrogen and oxygen atoms in total. The van der Waals surface area contributed by atoms with Crippen molar-refractivity contribution in [3.63, 3.8) is 0 Å². The van der Waals surface area contributed by atoms with Crippen molar-refractivity contribution in [2.24, 2.45) is 5.73 Å². The van der Waals surface area contributed by atoms with E-state index >= 15 is 0 Å². The molecule has 38 heavy (non-hydrogen) atoms. The molecule has 4 N–H and O–H groups in total. The molecule has 1 amide bonds. The van der Waals surface area contributed by atoms with Crippen molar-refractivity contribution in [3.8, 4) is 11.4 Å². The second kappa shape index (κ2) is 11.4. The quantitative estimate of drug-likeness (QED) is 0.207. The standard InChI is InChI=1S/C29H27BrN6O2/c30-22-10-8-19(9-11-22)5-4-13-33-25-18-34-28(20-6-2-1-3-7-20)36(29(25)38)26(27(31)37)16-23-15-21-17-32-14-12-24(21)35-23/h1-3,6-12,14-15,17-18,26,33,35H,4-5,13,16H2,(H2,31,37). The summed E-state index contributed by atoms with van der Waals surface area (Å²) in [7, 11) is 0. The number of rotatable bonds is 10. The number of H-pyrrole nitrogens is 1.